The van der Waals surface area contributed by atoms with E-state index in [-0.39, 0.29) is 0 Å². The highest BCUT2D eigenvalue weighted by Crippen LogP contribution is 2.15. The molecule has 0 aliphatic rings. The van der Waals surface area contributed by atoms with E-state index in [9.17, 15) is 0 Å². The Morgan fingerprint density at radius 1 is 0.840 bits per heavy atom. The van der Waals surface area contributed by atoms with Gasteiger partial charge in [0.05, 0.1) is 12.7 Å². The van der Waals surface area contributed by atoms with Crippen LogP contribution in [-0.2, 0) is 11.2 Å². The van der Waals surface area contributed by atoms with Crippen LogP contribution in [0.5, 0.6) is 0 Å². The molecule has 146 valence electrons. The zero-order valence-corrected chi connectivity index (χ0v) is 18.3. The molecule has 0 aliphatic heterocycles. The van der Waals surface area contributed by atoms with Gasteiger partial charge < -0.3 is 4.74 Å². The molecule has 0 radical (unpaired) electrons. The summed E-state index contributed by atoms with van der Waals surface area (Å²) in [7, 11) is 0. The molecule has 0 saturated carbocycles. The van der Waals surface area contributed by atoms with Crippen LogP contribution in [0.15, 0.2) is 17.5 Å². The van der Waals surface area contributed by atoms with Gasteiger partial charge in [-0.3, -0.25) is 0 Å². The molecule has 0 unspecified atom stereocenters. The Bertz CT molecular complexity index is 362. The van der Waals surface area contributed by atoms with Crippen molar-refractivity contribution in [2.75, 3.05) is 18.1 Å². The molecule has 0 aliphatic carbocycles. The maximum Gasteiger partial charge on any atom is 0.0560 e. The summed E-state index contributed by atoms with van der Waals surface area (Å²) in [5, 5.41) is 2.19. The lowest BCUT2D eigenvalue weighted by Crippen LogP contribution is -2.05. The van der Waals surface area contributed by atoms with E-state index in [1.165, 1.54) is 82.8 Å². The van der Waals surface area contributed by atoms with E-state index >= 15 is 0 Å². The Balaban J connectivity index is 1.67. The fourth-order valence-electron chi connectivity index (χ4n) is 2.99. The second-order valence-electron chi connectivity index (χ2n) is 7.25. The fraction of sp³-hybridized carbons (Fsp3) is 0.818. The van der Waals surface area contributed by atoms with Crippen LogP contribution in [0.2, 0.25) is 0 Å². The van der Waals surface area contributed by atoms with Gasteiger partial charge in [0.15, 0.2) is 0 Å². The topological polar surface area (TPSA) is 9.23 Å². The number of thiophene rings is 1. The lowest BCUT2D eigenvalue weighted by Gasteiger charge is -2.06. The van der Waals surface area contributed by atoms with Crippen molar-refractivity contribution < 1.29 is 4.74 Å². The van der Waals surface area contributed by atoms with Crippen molar-refractivity contribution in [1.82, 2.24) is 0 Å². The Labute approximate surface area is 165 Å². The predicted octanol–water partition coefficient (Wildman–Crippen LogP) is 7.74. The standard InChI is InChI=1S/C22H40OS2/c1-21(2)23-17-20-24-18-13-11-9-7-5-3-4-6-8-10-12-15-22-16-14-19-25-22/h14,16,19,21H,3-13,15,17-18,20H2,1-2H3. The molecule has 1 aromatic rings. The van der Waals surface area contributed by atoms with Gasteiger partial charge in [0.2, 0.25) is 0 Å². The molecule has 1 nitrogen and oxygen atoms in total. The molecule has 3 heteroatoms. The minimum atomic E-state index is 0.381. The van der Waals surface area contributed by atoms with Gasteiger partial charge in [-0.1, -0.05) is 63.9 Å². The van der Waals surface area contributed by atoms with Crippen LogP contribution in [0.4, 0.5) is 0 Å². The Kier molecular flexibility index (Phi) is 16.1. The van der Waals surface area contributed by atoms with Crippen LogP contribution in [0, 0.1) is 0 Å². The molecule has 0 saturated heterocycles. The van der Waals surface area contributed by atoms with Crippen molar-refractivity contribution in [3.63, 3.8) is 0 Å². The summed E-state index contributed by atoms with van der Waals surface area (Å²) in [6, 6.07) is 4.44. The van der Waals surface area contributed by atoms with Gasteiger partial charge in [0.1, 0.15) is 0 Å². The van der Waals surface area contributed by atoms with Gasteiger partial charge in [0.25, 0.3) is 0 Å². The molecule has 1 heterocycles. The highest BCUT2D eigenvalue weighted by Gasteiger charge is 1.97. The van der Waals surface area contributed by atoms with E-state index in [1.807, 2.05) is 11.3 Å². The third-order valence-electron chi connectivity index (χ3n) is 4.47. The molecular weight excluding hydrogens is 344 g/mol. The first-order valence-electron chi connectivity index (χ1n) is 10.5. The van der Waals surface area contributed by atoms with Crippen molar-refractivity contribution in [2.45, 2.75) is 97.0 Å². The van der Waals surface area contributed by atoms with Crippen LogP contribution in [0.3, 0.4) is 0 Å². The normalized spacial score (nSPS) is 11.5. The second kappa shape index (κ2) is 17.4. The second-order valence-corrected chi connectivity index (χ2v) is 9.51. The maximum atomic E-state index is 5.55. The van der Waals surface area contributed by atoms with Gasteiger partial charge in [-0.2, -0.15) is 11.8 Å². The van der Waals surface area contributed by atoms with Crippen LogP contribution < -0.4 is 0 Å². The zero-order valence-electron chi connectivity index (χ0n) is 16.6. The van der Waals surface area contributed by atoms with Crippen LogP contribution >= 0.6 is 23.1 Å². The van der Waals surface area contributed by atoms with Gasteiger partial charge in [0, 0.05) is 10.6 Å². The third kappa shape index (κ3) is 15.9. The highest BCUT2D eigenvalue weighted by molar-refractivity contribution is 7.99. The smallest absolute Gasteiger partial charge is 0.0560 e. The molecule has 25 heavy (non-hydrogen) atoms. The number of hydrogen-bond donors (Lipinski definition) is 0. The first kappa shape index (κ1) is 23.0. The largest absolute Gasteiger partial charge is 0.378 e. The molecule has 1 aromatic heterocycles. The molecule has 1 rings (SSSR count). The van der Waals surface area contributed by atoms with E-state index in [1.54, 1.807) is 4.88 Å². The number of aryl methyl sites for hydroxylation is 1. The Morgan fingerprint density at radius 3 is 2.00 bits per heavy atom. The average molecular weight is 385 g/mol. The Morgan fingerprint density at radius 2 is 1.44 bits per heavy atom. The summed E-state index contributed by atoms with van der Waals surface area (Å²) < 4.78 is 5.55. The predicted molar refractivity (Wildman–Crippen MR) is 117 cm³/mol. The van der Waals surface area contributed by atoms with Gasteiger partial charge in [-0.05, 0) is 50.3 Å². The van der Waals surface area contributed by atoms with E-state index in [4.69, 9.17) is 4.74 Å². The lowest BCUT2D eigenvalue weighted by molar-refractivity contribution is 0.0920. The molecule has 0 bridgehead atoms. The maximum absolute atomic E-state index is 5.55. The first-order chi connectivity index (χ1) is 12.3. The van der Waals surface area contributed by atoms with E-state index in [0.29, 0.717) is 6.10 Å². The third-order valence-corrected chi connectivity index (χ3v) is 6.44. The highest BCUT2D eigenvalue weighted by atomic mass is 32.2. The van der Waals surface area contributed by atoms with Crippen molar-refractivity contribution >= 4 is 23.1 Å². The van der Waals surface area contributed by atoms with Crippen LogP contribution in [-0.4, -0.2) is 24.2 Å². The summed E-state index contributed by atoms with van der Waals surface area (Å²) in [4.78, 5) is 1.56. The summed E-state index contributed by atoms with van der Waals surface area (Å²) in [5.41, 5.74) is 0. The number of rotatable bonds is 18. The van der Waals surface area contributed by atoms with Gasteiger partial charge in [-0.25, -0.2) is 0 Å². The van der Waals surface area contributed by atoms with E-state index in [2.05, 4.69) is 43.1 Å². The zero-order chi connectivity index (χ0) is 18.0. The Hall–Kier alpha value is 0.01000. The minimum absolute atomic E-state index is 0.381. The summed E-state index contributed by atoms with van der Waals surface area (Å²) in [5.74, 6) is 2.47. The molecule has 0 spiro atoms. The molecule has 0 N–H and O–H groups in total. The molecule has 0 fully saturated rings. The molecule has 0 amide bonds. The number of unbranched alkanes of at least 4 members (excludes halogenated alkanes) is 10. The average Bonchev–Trinajstić information content (AvgIpc) is 3.11. The number of thioether (sulfide) groups is 1. The van der Waals surface area contributed by atoms with Crippen molar-refractivity contribution in [1.29, 1.82) is 0 Å². The molecular formula is C22H40OS2. The van der Waals surface area contributed by atoms with Crippen molar-refractivity contribution in [3.8, 4) is 0 Å². The van der Waals surface area contributed by atoms with Crippen molar-refractivity contribution in [2.24, 2.45) is 0 Å². The summed E-state index contributed by atoms with van der Waals surface area (Å²) in [6.07, 6.45) is 17.4. The van der Waals surface area contributed by atoms with Crippen LogP contribution in [0.25, 0.3) is 0 Å². The minimum Gasteiger partial charge on any atom is -0.378 e. The van der Waals surface area contributed by atoms with Crippen molar-refractivity contribution in [3.05, 3.63) is 22.4 Å². The summed E-state index contributed by atoms with van der Waals surface area (Å²) >= 11 is 3.96. The first-order valence-corrected chi connectivity index (χ1v) is 12.5. The lowest BCUT2D eigenvalue weighted by atomic mass is 10.1. The monoisotopic (exact) mass is 384 g/mol. The van der Waals surface area contributed by atoms with Crippen LogP contribution in [0.1, 0.15) is 89.4 Å². The number of hydrogen-bond acceptors (Lipinski definition) is 3. The summed E-state index contributed by atoms with van der Waals surface area (Å²) in [6.45, 7) is 5.13. The molecule has 0 aromatic carbocycles. The SMILES string of the molecule is CC(C)OCCSCCCCCCCCCCCCCc1cccs1. The quantitative estimate of drug-likeness (QED) is 0.239. The fourth-order valence-corrected chi connectivity index (χ4v) is 4.57. The van der Waals surface area contributed by atoms with E-state index < -0.39 is 0 Å². The molecule has 0 atom stereocenters. The number of ether oxygens (including phenoxy) is 1. The van der Waals surface area contributed by atoms with Gasteiger partial charge in [-0.15, -0.1) is 11.3 Å². The van der Waals surface area contributed by atoms with E-state index in [0.717, 1.165) is 12.4 Å². The van der Waals surface area contributed by atoms with Gasteiger partial charge >= 0.3 is 0 Å².